The van der Waals surface area contributed by atoms with Crippen LogP contribution in [-0.2, 0) is 6.54 Å². The molecule has 2 aromatic carbocycles. The molecule has 0 heterocycles. The van der Waals surface area contributed by atoms with Crippen molar-refractivity contribution in [3.05, 3.63) is 62.9 Å². The highest BCUT2D eigenvalue weighted by Gasteiger charge is 2.19. The molecule has 0 aliphatic carbocycles. The molecule has 7 heteroatoms. The molecule has 0 atom stereocenters. The fourth-order valence-corrected chi connectivity index (χ4v) is 1.89. The van der Waals surface area contributed by atoms with Crippen LogP contribution in [0, 0.1) is 15.9 Å². The fraction of sp³-hybridized carbons (Fsp3) is 0.0769. The Morgan fingerprint density at radius 1 is 1.35 bits per heavy atom. The topological polar surface area (TPSA) is 78.4 Å². The molecule has 0 radical (unpaired) electrons. The van der Waals surface area contributed by atoms with Gasteiger partial charge < -0.3 is 10.5 Å². The van der Waals surface area contributed by atoms with E-state index < -0.39 is 16.4 Å². The van der Waals surface area contributed by atoms with Gasteiger partial charge in [-0.05, 0) is 18.2 Å². The summed E-state index contributed by atoms with van der Waals surface area (Å²) in [5, 5.41) is 11.2. The Hall–Kier alpha value is -2.18. The highest BCUT2D eigenvalue weighted by Crippen LogP contribution is 2.37. The normalized spacial score (nSPS) is 10.3. The Kier molecular flexibility index (Phi) is 4.16. The van der Waals surface area contributed by atoms with Gasteiger partial charge in [-0.3, -0.25) is 10.1 Å². The van der Waals surface area contributed by atoms with Gasteiger partial charge in [0.25, 0.3) is 0 Å². The van der Waals surface area contributed by atoms with Gasteiger partial charge >= 0.3 is 5.69 Å². The summed E-state index contributed by atoms with van der Waals surface area (Å²) in [6.07, 6.45) is 0. The van der Waals surface area contributed by atoms with Crippen LogP contribution in [0.15, 0.2) is 36.4 Å². The van der Waals surface area contributed by atoms with Crippen molar-refractivity contribution in [2.75, 3.05) is 0 Å². The lowest BCUT2D eigenvalue weighted by atomic mass is 10.2. The zero-order valence-electron chi connectivity index (χ0n) is 10.2. The monoisotopic (exact) mass is 296 g/mol. The fourth-order valence-electron chi connectivity index (χ4n) is 1.66. The minimum Gasteiger partial charge on any atom is -0.448 e. The van der Waals surface area contributed by atoms with E-state index in [2.05, 4.69) is 0 Å². The van der Waals surface area contributed by atoms with E-state index in [9.17, 15) is 14.5 Å². The molecule has 0 saturated carbocycles. The standard InChI is InChI=1S/C13H10ClFN2O3/c14-10-3-1-2-8(7-16)13(10)20-12-5-4-9(15)6-11(12)17(18)19/h1-6H,7,16H2. The number of nitrogens with two attached hydrogens (primary N) is 1. The third kappa shape index (κ3) is 2.87. The van der Waals surface area contributed by atoms with Crippen LogP contribution in [0.25, 0.3) is 0 Å². The lowest BCUT2D eigenvalue weighted by molar-refractivity contribution is -0.385. The lowest BCUT2D eigenvalue weighted by Crippen LogP contribution is -2.01. The first-order valence-electron chi connectivity index (χ1n) is 5.62. The maximum atomic E-state index is 13.1. The predicted molar refractivity (Wildman–Crippen MR) is 72.5 cm³/mol. The van der Waals surface area contributed by atoms with Crippen LogP contribution in [0.1, 0.15) is 5.56 Å². The Bertz CT molecular complexity index is 664. The third-order valence-corrected chi connectivity index (χ3v) is 2.90. The van der Waals surface area contributed by atoms with Crippen molar-refractivity contribution in [2.45, 2.75) is 6.54 Å². The van der Waals surface area contributed by atoms with Crippen molar-refractivity contribution in [3.63, 3.8) is 0 Å². The smallest absolute Gasteiger partial charge is 0.314 e. The summed E-state index contributed by atoms with van der Waals surface area (Å²) in [6, 6.07) is 7.99. The molecule has 2 N–H and O–H groups in total. The van der Waals surface area contributed by atoms with E-state index in [0.717, 1.165) is 12.1 Å². The van der Waals surface area contributed by atoms with E-state index >= 15 is 0 Å². The van der Waals surface area contributed by atoms with Crippen LogP contribution >= 0.6 is 11.6 Å². The van der Waals surface area contributed by atoms with Crippen molar-refractivity contribution in [2.24, 2.45) is 5.73 Å². The second kappa shape index (κ2) is 5.85. The zero-order valence-corrected chi connectivity index (χ0v) is 10.9. The zero-order chi connectivity index (χ0) is 14.7. The van der Waals surface area contributed by atoms with Gasteiger partial charge in [0.2, 0.25) is 5.75 Å². The number of benzene rings is 2. The molecular weight excluding hydrogens is 287 g/mol. The maximum absolute atomic E-state index is 13.1. The molecule has 2 rings (SSSR count). The number of nitro groups is 1. The van der Waals surface area contributed by atoms with Gasteiger partial charge in [-0.15, -0.1) is 0 Å². The molecular formula is C13H10ClFN2O3. The van der Waals surface area contributed by atoms with Crippen molar-refractivity contribution in [1.29, 1.82) is 0 Å². The third-order valence-electron chi connectivity index (χ3n) is 2.60. The summed E-state index contributed by atoms with van der Waals surface area (Å²) in [7, 11) is 0. The van der Waals surface area contributed by atoms with E-state index in [0.29, 0.717) is 5.56 Å². The number of nitrogens with zero attached hydrogens (tertiary/aromatic N) is 1. The first-order valence-corrected chi connectivity index (χ1v) is 6.00. The SMILES string of the molecule is NCc1cccc(Cl)c1Oc1ccc(F)cc1[N+](=O)[O-]. The molecule has 104 valence electrons. The summed E-state index contributed by atoms with van der Waals surface area (Å²) < 4.78 is 18.5. The molecule has 0 unspecified atom stereocenters. The van der Waals surface area contributed by atoms with Crippen LogP contribution in [-0.4, -0.2) is 4.92 Å². The summed E-state index contributed by atoms with van der Waals surface area (Å²) in [5.74, 6) is -0.590. The number of hydrogen-bond acceptors (Lipinski definition) is 4. The van der Waals surface area contributed by atoms with E-state index in [4.69, 9.17) is 22.1 Å². The summed E-state index contributed by atoms with van der Waals surface area (Å²) >= 11 is 6.00. The van der Waals surface area contributed by atoms with Crippen LogP contribution in [0.5, 0.6) is 11.5 Å². The summed E-state index contributed by atoms with van der Waals surface area (Å²) in [6.45, 7) is 0.158. The van der Waals surface area contributed by atoms with Crippen LogP contribution < -0.4 is 10.5 Å². The summed E-state index contributed by atoms with van der Waals surface area (Å²) in [4.78, 5) is 10.2. The first kappa shape index (κ1) is 14.2. The number of ether oxygens (including phenoxy) is 1. The molecule has 20 heavy (non-hydrogen) atoms. The van der Waals surface area contributed by atoms with Gasteiger partial charge in [-0.1, -0.05) is 23.7 Å². The Morgan fingerprint density at radius 2 is 2.10 bits per heavy atom. The number of hydrogen-bond donors (Lipinski definition) is 1. The number of rotatable bonds is 4. The van der Waals surface area contributed by atoms with Crippen molar-refractivity contribution in [1.82, 2.24) is 0 Å². The van der Waals surface area contributed by atoms with Crippen molar-refractivity contribution in [3.8, 4) is 11.5 Å². The number of para-hydroxylation sites is 1. The lowest BCUT2D eigenvalue weighted by Gasteiger charge is -2.11. The first-order chi connectivity index (χ1) is 9.52. The predicted octanol–water partition coefficient (Wildman–Crippen LogP) is 3.64. The number of halogens is 2. The Morgan fingerprint density at radius 3 is 2.75 bits per heavy atom. The van der Waals surface area contributed by atoms with Gasteiger partial charge in [0.15, 0.2) is 5.75 Å². The minimum absolute atomic E-state index is 0.0980. The Labute approximate surface area is 118 Å². The van der Waals surface area contributed by atoms with Crippen LogP contribution in [0.3, 0.4) is 0 Å². The molecule has 5 nitrogen and oxygen atoms in total. The molecule has 0 saturated heterocycles. The molecule has 0 aromatic heterocycles. The van der Waals surface area contributed by atoms with Gasteiger partial charge in [0, 0.05) is 12.1 Å². The van der Waals surface area contributed by atoms with Crippen molar-refractivity contribution >= 4 is 17.3 Å². The minimum atomic E-state index is -0.725. The average molecular weight is 297 g/mol. The van der Waals surface area contributed by atoms with Gasteiger partial charge in [0.1, 0.15) is 5.82 Å². The maximum Gasteiger partial charge on any atom is 0.314 e. The van der Waals surface area contributed by atoms with E-state index in [1.165, 1.54) is 6.07 Å². The highest BCUT2D eigenvalue weighted by atomic mass is 35.5. The number of nitro benzene ring substituents is 1. The molecule has 0 amide bonds. The van der Waals surface area contributed by atoms with Gasteiger partial charge in [0.05, 0.1) is 16.0 Å². The largest absolute Gasteiger partial charge is 0.448 e. The van der Waals surface area contributed by atoms with E-state index in [-0.39, 0.29) is 23.1 Å². The average Bonchev–Trinajstić information content (AvgIpc) is 2.42. The van der Waals surface area contributed by atoms with Crippen molar-refractivity contribution < 1.29 is 14.1 Å². The molecule has 2 aromatic rings. The second-order valence-corrected chi connectivity index (χ2v) is 4.31. The molecule has 0 bridgehead atoms. The van der Waals surface area contributed by atoms with E-state index in [1.54, 1.807) is 18.2 Å². The molecule has 0 spiro atoms. The molecule has 0 aliphatic rings. The molecule has 0 fully saturated rings. The summed E-state index contributed by atoms with van der Waals surface area (Å²) in [5.41, 5.74) is 5.68. The van der Waals surface area contributed by atoms with Crippen LogP contribution in [0.2, 0.25) is 5.02 Å². The van der Waals surface area contributed by atoms with Gasteiger partial charge in [-0.2, -0.15) is 0 Å². The highest BCUT2D eigenvalue weighted by molar-refractivity contribution is 6.32. The van der Waals surface area contributed by atoms with Crippen LogP contribution in [0.4, 0.5) is 10.1 Å². The Balaban J connectivity index is 2.48. The van der Waals surface area contributed by atoms with E-state index in [1.807, 2.05) is 0 Å². The second-order valence-electron chi connectivity index (χ2n) is 3.90. The molecule has 0 aliphatic heterocycles. The quantitative estimate of drug-likeness (QED) is 0.690. The van der Waals surface area contributed by atoms with Gasteiger partial charge in [-0.25, -0.2) is 4.39 Å².